The number of esters is 1. The summed E-state index contributed by atoms with van der Waals surface area (Å²) in [5, 5.41) is 10.00. The SMILES string of the molecule is CCOC(=O)C1=C(C)N=c2s/c(=C\c3ccc(O)c(OCC)c3)c(=O)n2C1c1ccc(OC)cc1. The number of fused-ring (bicyclic) bond motifs is 1. The molecule has 35 heavy (non-hydrogen) atoms. The summed E-state index contributed by atoms with van der Waals surface area (Å²) in [5.41, 5.74) is 1.97. The Morgan fingerprint density at radius 1 is 1.17 bits per heavy atom. The largest absolute Gasteiger partial charge is 0.504 e. The van der Waals surface area contributed by atoms with Crippen LogP contribution in [0.2, 0.25) is 0 Å². The van der Waals surface area contributed by atoms with Gasteiger partial charge in [0.05, 0.1) is 42.2 Å². The molecule has 0 aliphatic carbocycles. The van der Waals surface area contributed by atoms with Crippen molar-refractivity contribution < 1.29 is 24.1 Å². The highest BCUT2D eigenvalue weighted by atomic mass is 32.1. The van der Waals surface area contributed by atoms with E-state index in [1.54, 1.807) is 51.3 Å². The van der Waals surface area contributed by atoms with Crippen molar-refractivity contribution in [1.82, 2.24) is 4.57 Å². The number of thiazole rings is 1. The van der Waals surface area contributed by atoms with Gasteiger partial charge in [-0.3, -0.25) is 9.36 Å². The summed E-state index contributed by atoms with van der Waals surface area (Å²) < 4.78 is 18.0. The average Bonchev–Trinajstić information content (AvgIpc) is 3.15. The maximum absolute atomic E-state index is 13.6. The van der Waals surface area contributed by atoms with Crippen LogP contribution in [-0.4, -0.2) is 36.0 Å². The van der Waals surface area contributed by atoms with Gasteiger partial charge < -0.3 is 19.3 Å². The molecular formula is C26H26N2O6S. The lowest BCUT2D eigenvalue weighted by Crippen LogP contribution is -2.39. The van der Waals surface area contributed by atoms with Gasteiger partial charge >= 0.3 is 5.97 Å². The number of phenols is 1. The first-order chi connectivity index (χ1) is 16.9. The van der Waals surface area contributed by atoms with Crippen LogP contribution in [0.1, 0.15) is 37.9 Å². The van der Waals surface area contributed by atoms with E-state index in [0.717, 1.165) is 5.56 Å². The van der Waals surface area contributed by atoms with Crippen molar-refractivity contribution in [3.63, 3.8) is 0 Å². The van der Waals surface area contributed by atoms with Gasteiger partial charge in [-0.05, 0) is 62.2 Å². The van der Waals surface area contributed by atoms with Crippen molar-refractivity contribution in [1.29, 1.82) is 0 Å². The fourth-order valence-electron chi connectivity index (χ4n) is 3.94. The molecule has 0 radical (unpaired) electrons. The standard InChI is InChI=1S/C26H26N2O6S/c1-5-33-20-13-16(7-12-19(20)29)14-21-24(30)28-23(17-8-10-18(32-4)11-9-17)22(25(31)34-6-2)15(3)27-26(28)35-21/h7-14,23,29H,5-6H2,1-4H3/b21-14-. The molecule has 0 spiro atoms. The molecule has 0 saturated carbocycles. The predicted octanol–water partition coefficient (Wildman–Crippen LogP) is 2.91. The van der Waals surface area contributed by atoms with Crippen LogP contribution in [0.25, 0.3) is 6.08 Å². The van der Waals surface area contributed by atoms with Crippen LogP contribution in [0, 0.1) is 0 Å². The Balaban J connectivity index is 1.91. The fourth-order valence-corrected chi connectivity index (χ4v) is 4.98. The molecule has 182 valence electrons. The normalized spacial score (nSPS) is 15.4. The topological polar surface area (TPSA) is 99.4 Å². The van der Waals surface area contributed by atoms with Crippen LogP contribution in [0.3, 0.4) is 0 Å². The minimum atomic E-state index is -0.697. The maximum atomic E-state index is 13.6. The Morgan fingerprint density at radius 3 is 2.57 bits per heavy atom. The third kappa shape index (κ3) is 4.72. The molecule has 1 aromatic heterocycles. The highest BCUT2D eigenvalue weighted by Gasteiger charge is 2.33. The van der Waals surface area contributed by atoms with E-state index in [9.17, 15) is 14.7 Å². The molecule has 1 unspecified atom stereocenters. The number of methoxy groups -OCH3 is 1. The fraction of sp³-hybridized carbons (Fsp3) is 0.269. The second-order valence-electron chi connectivity index (χ2n) is 7.74. The van der Waals surface area contributed by atoms with Crippen LogP contribution in [0.4, 0.5) is 0 Å². The lowest BCUT2D eigenvalue weighted by atomic mass is 9.96. The number of hydrogen-bond acceptors (Lipinski definition) is 8. The number of ether oxygens (including phenoxy) is 3. The second-order valence-corrected chi connectivity index (χ2v) is 8.74. The molecule has 1 N–H and O–H groups in total. The van der Waals surface area contributed by atoms with Crippen molar-refractivity contribution >= 4 is 23.4 Å². The number of allylic oxidation sites excluding steroid dienone is 1. The quantitative estimate of drug-likeness (QED) is 0.507. The van der Waals surface area contributed by atoms with Crippen molar-refractivity contribution in [2.45, 2.75) is 26.8 Å². The molecule has 9 heteroatoms. The molecule has 1 aliphatic rings. The zero-order chi connectivity index (χ0) is 25.1. The number of aromatic nitrogens is 1. The van der Waals surface area contributed by atoms with Crippen LogP contribution in [0.15, 0.2) is 63.5 Å². The minimum absolute atomic E-state index is 0.0275. The van der Waals surface area contributed by atoms with Crippen LogP contribution in [-0.2, 0) is 9.53 Å². The van der Waals surface area contributed by atoms with Gasteiger partial charge in [-0.1, -0.05) is 29.5 Å². The number of hydrogen-bond donors (Lipinski definition) is 1. The van der Waals surface area contributed by atoms with E-state index in [-0.39, 0.29) is 17.9 Å². The smallest absolute Gasteiger partial charge is 0.338 e. The van der Waals surface area contributed by atoms with Crippen LogP contribution >= 0.6 is 11.3 Å². The molecule has 8 nitrogen and oxygen atoms in total. The molecule has 4 rings (SSSR count). The van der Waals surface area contributed by atoms with Crippen LogP contribution < -0.4 is 24.4 Å². The van der Waals surface area contributed by atoms with E-state index in [1.807, 2.05) is 19.1 Å². The van der Waals surface area contributed by atoms with E-state index in [0.29, 0.717) is 44.3 Å². The predicted molar refractivity (Wildman–Crippen MR) is 133 cm³/mol. The van der Waals surface area contributed by atoms with Gasteiger partial charge in [-0.25, -0.2) is 9.79 Å². The lowest BCUT2D eigenvalue weighted by molar-refractivity contribution is -0.139. The van der Waals surface area contributed by atoms with Gasteiger partial charge in [-0.2, -0.15) is 0 Å². The number of rotatable bonds is 7. The molecule has 2 heterocycles. The summed E-state index contributed by atoms with van der Waals surface area (Å²) in [5.74, 6) is 0.519. The molecule has 0 bridgehead atoms. The number of carbonyl (C=O) groups is 1. The van der Waals surface area contributed by atoms with Gasteiger partial charge in [-0.15, -0.1) is 0 Å². The zero-order valence-electron chi connectivity index (χ0n) is 19.9. The molecule has 0 saturated heterocycles. The van der Waals surface area contributed by atoms with Gasteiger partial charge in [0.2, 0.25) is 0 Å². The monoisotopic (exact) mass is 494 g/mol. The number of nitrogens with zero attached hydrogens (tertiary/aromatic N) is 2. The van der Waals surface area contributed by atoms with Gasteiger partial charge in [0.1, 0.15) is 5.75 Å². The van der Waals surface area contributed by atoms with Gasteiger partial charge in [0, 0.05) is 0 Å². The summed E-state index contributed by atoms with van der Waals surface area (Å²) in [4.78, 5) is 31.6. The Hall–Kier alpha value is -3.85. The van der Waals surface area contributed by atoms with Gasteiger partial charge in [0.15, 0.2) is 16.3 Å². The van der Waals surface area contributed by atoms with Crippen molar-refractivity contribution in [3.8, 4) is 17.2 Å². The summed E-state index contributed by atoms with van der Waals surface area (Å²) in [7, 11) is 1.58. The average molecular weight is 495 g/mol. The molecule has 1 atom stereocenters. The van der Waals surface area contributed by atoms with E-state index in [2.05, 4.69) is 4.99 Å². The van der Waals surface area contributed by atoms with Crippen molar-refractivity contribution in [3.05, 3.63) is 84.5 Å². The Morgan fingerprint density at radius 2 is 1.91 bits per heavy atom. The summed E-state index contributed by atoms with van der Waals surface area (Å²) >= 11 is 1.23. The molecule has 3 aromatic rings. The number of phenolic OH excluding ortho intramolecular Hbond substituents is 1. The Labute approximate surface area is 206 Å². The number of aromatic hydroxyl groups is 1. The molecule has 1 aliphatic heterocycles. The summed E-state index contributed by atoms with van der Waals surface area (Å²) in [6.07, 6.45) is 1.72. The minimum Gasteiger partial charge on any atom is -0.504 e. The molecule has 0 fully saturated rings. The first-order valence-corrected chi connectivity index (χ1v) is 12.0. The van der Waals surface area contributed by atoms with E-state index < -0.39 is 12.0 Å². The summed E-state index contributed by atoms with van der Waals surface area (Å²) in [6, 6.07) is 11.4. The third-order valence-corrected chi connectivity index (χ3v) is 6.51. The Bertz CT molecular complexity index is 1470. The summed E-state index contributed by atoms with van der Waals surface area (Å²) in [6.45, 7) is 5.91. The maximum Gasteiger partial charge on any atom is 0.338 e. The Kier molecular flexibility index (Phi) is 7.07. The molecular weight excluding hydrogens is 468 g/mol. The third-order valence-electron chi connectivity index (χ3n) is 5.53. The number of carbonyl (C=O) groups excluding carboxylic acids is 1. The highest BCUT2D eigenvalue weighted by Crippen LogP contribution is 2.32. The van der Waals surface area contributed by atoms with Gasteiger partial charge in [0.25, 0.3) is 5.56 Å². The molecule has 2 aromatic carbocycles. The highest BCUT2D eigenvalue weighted by molar-refractivity contribution is 7.07. The lowest BCUT2D eigenvalue weighted by Gasteiger charge is -2.24. The first-order valence-electron chi connectivity index (χ1n) is 11.2. The molecule has 0 amide bonds. The zero-order valence-corrected chi connectivity index (χ0v) is 20.7. The van der Waals surface area contributed by atoms with Crippen LogP contribution in [0.5, 0.6) is 17.2 Å². The van der Waals surface area contributed by atoms with Crippen molar-refractivity contribution in [2.24, 2.45) is 4.99 Å². The second kappa shape index (κ2) is 10.2. The first kappa shape index (κ1) is 24.3. The van der Waals surface area contributed by atoms with Crippen molar-refractivity contribution in [2.75, 3.05) is 20.3 Å². The van der Waals surface area contributed by atoms with E-state index in [1.165, 1.54) is 22.0 Å². The van der Waals surface area contributed by atoms with E-state index >= 15 is 0 Å². The number of benzene rings is 2. The van der Waals surface area contributed by atoms with E-state index in [4.69, 9.17) is 14.2 Å².